The third-order valence-corrected chi connectivity index (χ3v) is 3.99. The highest BCUT2D eigenvalue weighted by Gasteiger charge is 2.18. The zero-order valence-electron chi connectivity index (χ0n) is 12.0. The molecule has 1 heterocycles. The van der Waals surface area contributed by atoms with Gasteiger partial charge in [0.25, 0.3) is 5.91 Å². The van der Waals surface area contributed by atoms with Crippen LogP contribution < -0.4 is 0 Å². The van der Waals surface area contributed by atoms with Crippen LogP contribution in [0.1, 0.15) is 29.6 Å². The van der Waals surface area contributed by atoms with Crippen molar-refractivity contribution in [1.29, 1.82) is 0 Å². The number of carbonyl (C=O) groups excluding carboxylic acids is 1. The average molecular weight is 281 g/mol. The fourth-order valence-corrected chi connectivity index (χ4v) is 2.79. The second kappa shape index (κ2) is 6.00. The first-order chi connectivity index (χ1) is 10.3. The van der Waals surface area contributed by atoms with E-state index in [1.54, 1.807) is 12.1 Å². The number of likely N-dealkylation sites (tertiary alicyclic amines) is 1. The Morgan fingerprint density at radius 3 is 2.24 bits per heavy atom. The zero-order valence-corrected chi connectivity index (χ0v) is 12.0. The number of phenols is 1. The summed E-state index contributed by atoms with van der Waals surface area (Å²) in [4.78, 5) is 14.3. The summed E-state index contributed by atoms with van der Waals surface area (Å²) in [5, 5.41) is 9.87. The molecule has 1 saturated heterocycles. The first kappa shape index (κ1) is 13.7. The van der Waals surface area contributed by atoms with E-state index in [1.807, 2.05) is 41.3 Å². The second-order valence-electron chi connectivity index (χ2n) is 5.45. The maximum absolute atomic E-state index is 12.4. The number of hydrogen-bond acceptors (Lipinski definition) is 2. The molecule has 1 aliphatic rings. The monoisotopic (exact) mass is 281 g/mol. The molecular formula is C18H19NO2. The molecule has 0 saturated carbocycles. The summed E-state index contributed by atoms with van der Waals surface area (Å²) in [6.45, 7) is 1.72. The van der Waals surface area contributed by atoms with Crippen LogP contribution in [0.3, 0.4) is 0 Å². The van der Waals surface area contributed by atoms with Gasteiger partial charge in [0.05, 0.1) is 0 Å². The molecule has 3 nitrogen and oxygen atoms in total. The van der Waals surface area contributed by atoms with E-state index in [0.29, 0.717) is 0 Å². The second-order valence-corrected chi connectivity index (χ2v) is 5.45. The van der Waals surface area contributed by atoms with Crippen molar-refractivity contribution in [3.8, 4) is 16.9 Å². The number of piperidine rings is 1. The normalized spacial score (nSPS) is 15.0. The molecule has 0 bridgehead atoms. The fourth-order valence-electron chi connectivity index (χ4n) is 2.79. The van der Waals surface area contributed by atoms with Gasteiger partial charge in [0.1, 0.15) is 5.75 Å². The van der Waals surface area contributed by atoms with Gasteiger partial charge in [-0.15, -0.1) is 0 Å². The Hall–Kier alpha value is -2.29. The predicted octanol–water partition coefficient (Wildman–Crippen LogP) is 3.69. The minimum absolute atomic E-state index is 0.110. The predicted molar refractivity (Wildman–Crippen MR) is 83.3 cm³/mol. The van der Waals surface area contributed by atoms with Gasteiger partial charge in [0, 0.05) is 24.2 Å². The molecule has 3 heteroatoms. The van der Waals surface area contributed by atoms with Crippen molar-refractivity contribution in [2.75, 3.05) is 13.1 Å². The van der Waals surface area contributed by atoms with Gasteiger partial charge in [-0.3, -0.25) is 4.79 Å². The highest BCUT2D eigenvalue weighted by Crippen LogP contribution is 2.28. The van der Waals surface area contributed by atoms with Crippen molar-refractivity contribution in [2.24, 2.45) is 0 Å². The van der Waals surface area contributed by atoms with Crippen LogP contribution in [-0.4, -0.2) is 29.0 Å². The standard InChI is InChI=1S/C18H19NO2/c20-17-7-3-2-6-16(17)14-8-10-15(11-9-14)18(21)19-12-4-1-5-13-19/h2-3,6-11,20H,1,4-5,12-13H2. The van der Waals surface area contributed by atoms with E-state index in [-0.39, 0.29) is 11.7 Å². The molecule has 1 amide bonds. The minimum atomic E-state index is 0.110. The molecule has 1 aliphatic heterocycles. The molecule has 1 N–H and O–H groups in total. The van der Waals surface area contributed by atoms with Gasteiger partial charge in [-0.25, -0.2) is 0 Å². The van der Waals surface area contributed by atoms with Crippen LogP contribution in [-0.2, 0) is 0 Å². The molecule has 0 atom stereocenters. The summed E-state index contributed by atoms with van der Waals surface area (Å²) in [6.07, 6.45) is 3.42. The Bertz CT molecular complexity index is 628. The molecule has 1 fully saturated rings. The fraction of sp³-hybridized carbons (Fsp3) is 0.278. The maximum Gasteiger partial charge on any atom is 0.253 e. The lowest BCUT2D eigenvalue weighted by atomic mass is 10.0. The van der Waals surface area contributed by atoms with Gasteiger partial charge in [-0.05, 0) is 43.0 Å². The summed E-state index contributed by atoms with van der Waals surface area (Å²) in [5.74, 6) is 0.367. The first-order valence-corrected chi connectivity index (χ1v) is 7.43. The number of benzene rings is 2. The summed E-state index contributed by atoms with van der Waals surface area (Å²) in [7, 11) is 0. The molecule has 21 heavy (non-hydrogen) atoms. The Balaban J connectivity index is 1.81. The lowest BCUT2D eigenvalue weighted by molar-refractivity contribution is 0.0724. The molecule has 0 aliphatic carbocycles. The first-order valence-electron chi connectivity index (χ1n) is 7.43. The van der Waals surface area contributed by atoms with Crippen molar-refractivity contribution in [3.63, 3.8) is 0 Å². The Morgan fingerprint density at radius 1 is 0.905 bits per heavy atom. The van der Waals surface area contributed by atoms with Crippen LogP contribution >= 0.6 is 0 Å². The van der Waals surface area contributed by atoms with Crippen molar-refractivity contribution in [1.82, 2.24) is 4.90 Å². The van der Waals surface area contributed by atoms with Gasteiger partial charge in [0.2, 0.25) is 0 Å². The lowest BCUT2D eigenvalue weighted by Crippen LogP contribution is -2.35. The Kier molecular flexibility index (Phi) is 3.91. The number of nitrogens with zero attached hydrogens (tertiary/aromatic N) is 1. The van der Waals surface area contributed by atoms with Crippen molar-refractivity contribution < 1.29 is 9.90 Å². The third-order valence-electron chi connectivity index (χ3n) is 3.99. The summed E-state index contributed by atoms with van der Waals surface area (Å²) in [5.41, 5.74) is 2.42. The number of rotatable bonds is 2. The molecule has 0 radical (unpaired) electrons. The smallest absolute Gasteiger partial charge is 0.253 e. The van der Waals surface area contributed by atoms with Crippen molar-refractivity contribution >= 4 is 5.91 Å². The van der Waals surface area contributed by atoms with Crippen LogP contribution in [0.4, 0.5) is 0 Å². The van der Waals surface area contributed by atoms with Crippen LogP contribution in [0, 0.1) is 0 Å². The van der Waals surface area contributed by atoms with Gasteiger partial charge in [-0.2, -0.15) is 0 Å². The van der Waals surface area contributed by atoms with Gasteiger partial charge >= 0.3 is 0 Å². The van der Waals surface area contributed by atoms with Gasteiger partial charge in [0.15, 0.2) is 0 Å². The van der Waals surface area contributed by atoms with E-state index >= 15 is 0 Å². The molecule has 0 spiro atoms. The zero-order chi connectivity index (χ0) is 14.7. The SMILES string of the molecule is O=C(c1ccc(-c2ccccc2O)cc1)N1CCCCC1. The molecular weight excluding hydrogens is 262 g/mol. The van der Waals surface area contributed by atoms with E-state index in [0.717, 1.165) is 42.6 Å². The number of hydrogen-bond donors (Lipinski definition) is 1. The molecule has 2 aromatic carbocycles. The number of phenolic OH excluding ortho intramolecular Hbond substituents is 1. The number of amides is 1. The van der Waals surface area contributed by atoms with Crippen LogP contribution in [0.15, 0.2) is 48.5 Å². The molecule has 3 rings (SSSR count). The average Bonchev–Trinajstić information content (AvgIpc) is 2.56. The van der Waals surface area contributed by atoms with E-state index in [4.69, 9.17) is 0 Å². The summed E-state index contributed by atoms with van der Waals surface area (Å²) >= 11 is 0. The number of carbonyl (C=O) groups is 1. The van der Waals surface area contributed by atoms with Crippen LogP contribution in [0.2, 0.25) is 0 Å². The maximum atomic E-state index is 12.4. The van der Waals surface area contributed by atoms with E-state index in [2.05, 4.69) is 0 Å². The Labute approximate surface area is 124 Å². The van der Waals surface area contributed by atoms with E-state index in [9.17, 15) is 9.90 Å². The largest absolute Gasteiger partial charge is 0.507 e. The van der Waals surface area contributed by atoms with Crippen molar-refractivity contribution in [2.45, 2.75) is 19.3 Å². The number of aromatic hydroxyl groups is 1. The topological polar surface area (TPSA) is 40.5 Å². The van der Waals surface area contributed by atoms with Gasteiger partial charge in [-0.1, -0.05) is 30.3 Å². The lowest BCUT2D eigenvalue weighted by Gasteiger charge is -2.26. The molecule has 108 valence electrons. The van der Waals surface area contributed by atoms with Crippen LogP contribution in [0.25, 0.3) is 11.1 Å². The molecule has 2 aromatic rings. The van der Waals surface area contributed by atoms with E-state index < -0.39 is 0 Å². The van der Waals surface area contributed by atoms with Crippen molar-refractivity contribution in [3.05, 3.63) is 54.1 Å². The van der Waals surface area contributed by atoms with Crippen LogP contribution in [0.5, 0.6) is 5.75 Å². The highest BCUT2D eigenvalue weighted by atomic mass is 16.3. The molecule has 0 aromatic heterocycles. The minimum Gasteiger partial charge on any atom is -0.507 e. The third kappa shape index (κ3) is 2.92. The van der Waals surface area contributed by atoms with E-state index in [1.165, 1.54) is 6.42 Å². The summed E-state index contributed by atoms with van der Waals surface area (Å²) < 4.78 is 0. The Morgan fingerprint density at radius 2 is 1.57 bits per heavy atom. The quantitative estimate of drug-likeness (QED) is 0.912. The number of para-hydroxylation sites is 1. The highest BCUT2D eigenvalue weighted by molar-refractivity contribution is 5.94. The summed E-state index contributed by atoms with van der Waals surface area (Å²) in [6, 6.07) is 14.7. The molecule has 0 unspecified atom stereocenters. The van der Waals surface area contributed by atoms with Gasteiger partial charge < -0.3 is 10.0 Å².